The van der Waals surface area contributed by atoms with Crippen molar-refractivity contribution in [2.75, 3.05) is 19.7 Å². The van der Waals surface area contributed by atoms with Gasteiger partial charge in [0, 0.05) is 25.7 Å². The fraction of sp³-hybridized carbons (Fsp3) is 0.846. The number of nitrogens with zero attached hydrogens (tertiary/aromatic N) is 4. The largest absolute Gasteiger partial charge is 0.374 e. The highest BCUT2D eigenvalue weighted by atomic mass is 16.5. The number of aromatic nitrogens is 3. The molecule has 2 unspecified atom stereocenters. The third kappa shape index (κ3) is 3.32. The number of hydrogen-bond acceptors (Lipinski definition) is 5. The monoisotopic (exact) mass is 267 g/mol. The zero-order valence-electron chi connectivity index (χ0n) is 12.1. The Morgan fingerprint density at radius 1 is 1.53 bits per heavy atom. The van der Waals surface area contributed by atoms with Crippen molar-refractivity contribution in [3.63, 3.8) is 0 Å². The molecule has 0 aromatic carbocycles. The number of morpholine rings is 1. The second-order valence-electron chi connectivity index (χ2n) is 5.41. The molecule has 2 rings (SSSR count). The lowest BCUT2D eigenvalue weighted by Crippen LogP contribution is -2.49. The van der Waals surface area contributed by atoms with E-state index in [-0.39, 0.29) is 12.1 Å². The van der Waals surface area contributed by atoms with Gasteiger partial charge in [0.2, 0.25) is 0 Å². The van der Waals surface area contributed by atoms with Gasteiger partial charge in [-0.1, -0.05) is 12.1 Å². The maximum absolute atomic E-state index is 6.36. The molecular formula is C13H25N5O. The second-order valence-corrected chi connectivity index (χ2v) is 5.41. The first kappa shape index (κ1) is 14.4. The van der Waals surface area contributed by atoms with Gasteiger partial charge in [0.15, 0.2) is 0 Å². The van der Waals surface area contributed by atoms with Crippen molar-refractivity contribution >= 4 is 0 Å². The summed E-state index contributed by atoms with van der Waals surface area (Å²) >= 11 is 0. The van der Waals surface area contributed by atoms with Gasteiger partial charge >= 0.3 is 0 Å². The van der Waals surface area contributed by atoms with Crippen molar-refractivity contribution < 1.29 is 4.74 Å². The Morgan fingerprint density at radius 2 is 2.32 bits per heavy atom. The van der Waals surface area contributed by atoms with Gasteiger partial charge in [-0.15, -0.1) is 5.10 Å². The van der Waals surface area contributed by atoms with Crippen LogP contribution in [-0.4, -0.2) is 51.7 Å². The van der Waals surface area contributed by atoms with E-state index < -0.39 is 0 Å². The average molecular weight is 267 g/mol. The molecule has 1 aliphatic heterocycles. The fourth-order valence-corrected chi connectivity index (χ4v) is 2.48. The summed E-state index contributed by atoms with van der Waals surface area (Å²) in [6.07, 6.45) is 2.80. The van der Waals surface area contributed by atoms with E-state index in [2.05, 4.69) is 36.0 Å². The van der Waals surface area contributed by atoms with E-state index >= 15 is 0 Å². The number of nitrogens with two attached hydrogens (primary N) is 1. The van der Waals surface area contributed by atoms with Crippen LogP contribution >= 0.6 is 0 Å². The maximum atomic E-state index is 6.36. The van der Waals surface area contributed by atoms with Crippen LogP contribution < -0.4 is 5.73 Å². The predicted molar refractivity (Wildman–Crippen MR) is 73.7 cm³/mol. The third-order valence-corrected chi connectivity index (χ3v) is 3.68. The molecule has 1 aromatic rings. The SMILES string of the molecule is CCCn1nncc1C(N)C1CN(C(C)C)CCO1. The van der Waals surface area contributed by atoms with Gasteiger partial charge in [-0.05, 0) is 20.3 Å². The Bertz CT molecular complexity index is 392. The number of rotatable bonds is 5. The fourth-order valence-electron chi connectivity index (χ4n) is 2.48. The number of ether oxygens (including phenoxy) is 1. The lowest BCUT2D eigenvalue weighted by molar-refractivity contribution is -0.0513. The van der Waals surface area contributed by atoms with Crippen molar-refractivity contribution in [1.29, 1.82) is 0 Å². The summed E-state index contributed by atoms with van der Waals surface area (Å²) in [6.45, 7) is 9.97. The van der Waals surface area contributed by atoms with Crippen molar-refractivity contribution in [1.82, 2.24) is 19.9 Å². The smallest absolute Gasteiger partial charge is 0.0910 e. The minimum atomic E-state index is -0.164. The lowest BCUT2D eigenvalue weighted by Gasteiger charge is -2.37. The summed E-state index contributed by atoms with van der Waals surface area (Å²) in [5.41, 5.74) is 7.33. The first-order valence-corrected chi connectivity index (χ1v) is 7.13. The van der Waals surface area contributed by atoms with Crippen LogP contribution in [0, 0.1) is 0 Å². The van der Waals surface area contributed by atoms with Crippen LogP contribution in [0.3, 0.4) is 0 Å². The molecule has 0 saturated carbocycles. The van der Waals surface area contributed by atoms with Crippen LogP contribution in [0.1, 0.15) is 38.9 Å². The first-order chi connectivity index (χ1) is 9.13. The normalized spacial score (nSPS) is 22.9. The van der Waals surface area contributed by atoms with Gasteiger partial charge in [0.25, 0.3) is 0 Å². The molecule has 6 heteroatoms. The van der Waals surface area contributed by atoms with Crippen molar-refractivity contribution in [3.05, 3.63) is 11.9 Å². The summed E-state index contributed by atoms with van der Waals surface area (Å²) in [4.78, 5) is 2.40. The summed E-state index contributed by atoms with van der Waals surface area (Å²) in [5, 5.41) is 8.07. The molecular weight excluding hydrogens is 242 g/mol. The van der Waals surface area contributed by atoms with Crippen LogP contribution in [0.15, 0.2) is 6.20 Å². The number of hydrogen-bond donors (Lipinski definition) is 1. The third-order valence-electron chi connectivity index (χ3n) is 3.68. The minimum Gasteiger partial charge on any atom is -0.374 e. The van der Waals surface area contributed by atoms with Crippen molar-refractivity contribution in [2.45, 2.75) is 51.9 Å². The van der Waals surface area contributed by atoms with Crippen LogP contribution in [0.25, 0.3) is 0 Å². The quantitative estimate of drug-likeness (QED) is 0.854. The highest BCUT2D eigenvalue weighted by molar-refractivity contribution is 5.05. The molecule has 0 bridgehead atoms. The van der Waals surface area contributed by atoms with Gasteiger partial charge < -0.3 is 10.5 Å². The average Bonchev–Trinajstić information content (AvgIpc) is 2.86. The predicted octanol–water partition coefficient (Wildman–Crippen LogP) is 0.797. The van der Waals surface area contributed by atoms with Gasteiger partial charge in [-0.2, -0.15) is 0 Å². The number of aryl methyl sites for hydroxylation is 1. The van der Waals surface area contributed by atoms with Crippen molar-refractivity contribution in [2.24, 2.45) is 5.73 Å². The highest BCUT2D eigenvalue weighted by Crippen LogP contribution is 2.20. The highest BCUT2D eigenvalue weighted by Gasteiger charge is 2.29. The van der Waals surface area contributed by atoms with E-state index in [1.54, 1.807) is 6.20 Å². The second kappa shape index (κ2) is 6.45. The molecule has 2 N–H and O–H groups in total. The van der Waals surface area contributed by atoms with Crippen LogP contribution in [0.5, 0.6) is 0 Å². The lowest BCUT2D eigenvalue weighted by atomic mass is 10.1. The zero-order valence-corrected chi connectivity index (χ0v) is 12.1. The molecule has 1 fully saturated rings. The maximum Gasteiger partial charge on any atom is 0.0910 e. The van der Waals surface area contributed by atoms with E-state index in [4.69, 9.17) is 10.5 Å². The molecule has 2 heterocycles. The van der Waals surface area contributed by atoms with E-state index in [9.17, 15) is 0 Å². The molecule has 0 amide bonds. The summed E-state index contributed by atoms with van der Waals surface area (Å²) < 4.78 is 7.73. The molecule has 1 saturated heterocycles. The molecule has 108 valence electrons. The van der Waals surface area contributed by atoms with Gasteiger partial charge in [0.1, 0.15) is 0 Å². The van der Waals surface area contributed by atoms with Crippen LogP contribution in [0.2, 0.25) is 0 Å². The molecule has 2 atom stereocenters. The topological polar surface area (TPSA) is 69.2 Å². The van der Waals surface area contributed by atoms with Gasteiger partial charge in [-0.25, -0.2) is 4.68 Å². The van der Waals surface area contributed by atoms with Gasteiger partial charge in [0.05, 0.1) is 30.6 Å². The molecule has 0 radical (unpaired) electrons. The van der Waals surface area contributed by atoms with Gasteiger partial charge in [-0.3, -0.25) is 4.90 Å². The minimum absolute atomic E-state index is 0.0188. The Labute approximate surface area is 114 Å². The first-order valence-electron chi connectivity index (χ1n) is 7.13. The van der Waals surface area contributed by atoms with Crippen LogP contribution in [0.4, 0.5) is 0 Å². The van der Waals surface area contributed by atoms with E-state index in [1.165, 1.54) is 0 Å². The molecule has 0 aliphatic carbocycles. The molecule has 6 nitrogen and oxygen atoms in total. The summed E-state index contributed by atoms with van der Waals surface area (Å²) in [5.74, 6) is 0. The van der Waals surface area contributed by atoms with Crippen molar-refractivity contribution in [3.8, 4) is 0 Å². The van der Waals surface area contributed by atoms with E-state index in [0.717, 1.165) is 38.4 Å². The molecule has 1 aliphatic rings. The van der Waals surface area contributed by atoms with E-state index in [0.29, 0.717) is 6.04 Å². The Morgan fingerprint density at radius 3 is 3.00 bits per heavy atom. The molecule has 0 spiro atoms. The van der Waals surface area contributed by atoms with Crippen LogP contribution in [-0.2, 0) is 11.3 Å². The summed E-state index contributed by atoms with van der Waals surface area (Å²) in [7, 11) is 0. The molecule has 19 heavy (non-hydrogen) atoms. The zero-order chi connectivity index (χ0) is 13.8. The Kier molecular flexibility index (Phi) is 4.90. The summed E-state index contributed by atoms with van der Waals surface area (Å²) in [6, 6.07) is 0.361. The Balaban J connectivity index is 2.05. The molecule has 1 aromatic heterocycles. The Hall–Kier alpha value is -0.980. The van der Waals surface area contributed by atoms with E-state index in [1.807, 2.05) is 4.68 Å². The standard InChI is InChI=1S/C13H25N5O/c1-4-5-18-11(8-15-16-18)13(14)12-9-17(10(2)3)6-7-19-12/h8,10,12-13H,4-7,9,14H2,1-3H3.